The van der Waals surface area contributed by atoms with Gasteiger partial charge in [0.1, 0.15) is 5.69 Å². The first-order valence-corrected chi connectivity index (χ1v) is 9.69. The molecule has 1 aliphatic heterocycles. The van der Waals surface area contributed by atoms with E-state index in [0.717, 1.165) is 0 Å². The zero-order valence-electron chi connectivity index (χ0n) is 17.0. The quantitative estimate of drug-likeness (QED) is 0.547. The molecule has 1 aliphatic rings. The fourth-order valence-electron chi connectivity index (χ4n) is 3.38. The van der Waals surface area contributed by atoms with E-state index in [-0.39, 0.29) is 37.2 Å². The molecule has 0 spiro atoms. The lowest BCUT2D eigenvalue weighted by atomic mass is 10.1. The summed E-state index contributed by atoms with van der Waals surface area (Å²) >= 11 is 0. The van der Waals surface area contributed by atoms with Crippen molar-refractivity contribution in [2.24, 2.45) is 0 Å². The Hall–Kier alpha value is -3.08. The number of pyridine rings is 1. The third-order valence-corrected chi connectivity index (χ3v) is 5.00. The molecule has 2 aromatic heterocycles. The number of hydrogen-bond donors (Lipinski definition) is 3. The van der Waals surface area contributed by atoms with E-state index in [1.165, 1.54) is 17.2 Å². The van der Waals surface area contributed by atoms with Crippen LogP contribution in [-0.4, -0.2) is 57.7 Å². The SMILES string of the molecule is Cc1cc(C(C)N2Cc3c(ccnc3C(=O)NCCCO)C2=O)[nH]c1OCC(F)(F)F. The number of aryl methyl sites for hydroxylation is 1. The molecule has 0 saturated heterocycles. The van der Waals surface area contributed by atoms with Crippen molar-refractivity contribution in [1.29, 1.82) is 0 Å². The van der Waals surface area contributed by atoms with Crippen LogP contribution in [0.1, 0.15) is 57.1 Å². The van der Waals surface area contributed by atoms with Gasteiger partial charge >= 0.3 is 6.18 Å². The average Bonchev–Trinajstić information content (AvgIpc) is 3.25. The second-order valence-corrected chi connectivity index (χ2v) is 7.27. The van der Waals surface area contributed by atoms with Gasteiger partial charge < -0.3 is 25.0 Å². The van der Waals surface area contributed by atoms with Gasteiger partial charge in [0.2, 0.25) is 0 Å². The van der Waals surface area contributed by atoms with Crippen LogP contribution < -0.4 is 10.1 Å². The highest BCUT2D eigenvalue weighted by molar-refractivity contribution is 6.03. The zero-order chi connectivity index (χ0) is 22.8. The van der Waals surface area contributed by atoms with Crippen LogP contribution in [0.3, 0.4) is 0 Å². The monoisotopic (exact) mass is 440 g/mol. The number of aromatic nitrogens is 2. The molecule has 0 radical (unpaired) electrons. The van der Waals surface area contributed by atoms with Crippen LogP contribution in [0.2, 0.25) is 0 Å². The van der Waals surface area contributed by atoms with Crippen molar-refractivity contribution in [2.45, 2.75) is 39.0 Å². The van der Waals surface area contributed by atoms with Gasteiger partial charge in [-0.1, -0.05) is 0 Å². The number of hydrogen-bond acceptors (Lipinski definition) is 5. The Morgan fingerprint density at radius 2 is 2.19 bits per heavy atom. The summed E-state index contributed by atoms with van der Waals surface area (Å²) in [5.74, 6) is -0.751. The highest BCUT2D eigenvalue weighted by atomic mass is 19.4. The number of rotatable bonds is 8. The minimum atomic E-state index is -4.46. The average molecular weight is 440 g/mol. The number of carbonyl (C=O) groups excluding carboxylic acids is 2. The number of aromatic amines is 1. The molecule has 3 N–H and O–H groups in total. The molecular formula is C20H23F3N4O4. The number of carbonyl (C=O) groups is 2. The highest BCUT2D eigenvalue weighted by Crippen LogP contribution is 2.34. The van der Waals surface area contributed by atoms with Gasteiger partial charge in [-0.3, -0.25) is 14.6 Å². The van der Waals surface area contributed by atoms with E-state index in [0.29, 0.717) is 28.8 Å². The molecular weight excluding hydrogens is 417 g/mol. The van der Waals surface area contributed by atoms with Gasteiger partial charge in [-0.25, -0.2) is 0 Å². The van der Waals surface area contributed by atoms with Gasteiger partial charge in [-0.05, 0) is 32.4 Å². The van der Waals surface area contributed by atoms with E-state index < -0.39 is 24.7 Å². The fourth-order valence-corrected chi connectivity index (χ4v) is 3.38. The second-order valence-electron chi connectivity index (χ2n) is 7.27. The number of H-pyrrole nitrogens is 1. The second kappa shape index (κ2) is 8.96. The zero-order valence-corrected chi connectivity index (χ0v) is 17.0. The third-order valence-electron chi connectivity index (χ3n) is 5.00. The Morgan fingerprint density at radius 1 is 1.45 bits per heavy atom. The largest absolute Gasteiger partial charge is 0.469 e. The smallest absolute Gasteiger partial charge is 0.422 e. The number of nitrogens with one attached hydrogen (secondary N) is 2. The van der Waals surface area contributed by atoms with Crippen LogP contribution in [0, 0.1) is 6.92 Å². The van der Waals surface area contributed by atoms with Crippen molar-refractivity contribution in [1.82, 2.24) is 20.2 Å². The van der Waals surface area contributed by atoms with E-state index in [9.17, 15) is 22.8 Å². The summed E-state index contributed by atoms with van der Waals surface area (Å²) in [6.07, 6.45) is -2.68. The van der Waals surface area contributed by atoms with E-state index in [1.807, 2.05) is 0 Å². The molecule has 2 amide bonds. The van der Waals surface area contributed by atoms with Crippen molar-refractivity contribution in [2.75, 3.05) is 19.8 Å². The van der Waals surface area contributed by atoms with Gasteiger partial charge in [0.25, 0.3) is 11.8 Å². The van der Waals surface area contributed by atoms with Crippen LogP contribution in [-0.2, 0) is 6.54 Å². The third kappa shape index (κ3) is 4.98. The van der Waals surface area contributed by atoms with Crippen molar-refractivity contribution in [3.63, 3.8) is 0 Å². The van der Waals surface area contributed by atoms with Gasteiger partial charge in [0, 0.05) is 48.3 Å². The number of ether oxygens (including phenoxy) is 1. The molecule has 0 saturated carbocycles. The lowest BCUT2D eigenvalue weighted by Crippen LogP contribution is -2.28. The van der Waals surface area contributed by atoms with E-state index >= 15 is 0 Å². The topological polar surface area (TPSA) is 108 Å². The first-order chi connectivity index (χ1) is 14.6. The summed E-state index contributed by atoms with van der Waals surface area (Å²) in [6, 6.07) is 2.66. The van der Waals surface area contributed by atoms with Crippen molar-refractivity contribution in [3.8, 4) is 5.88 Å². The number of fused-ring (bicyclic) bond motifs is 1. The van der Waals surface area contributed by atoms with Crippen LogP contribution in [0.25, 0.3) is 0 Å². The molecule has 8 nitrogen and oxygen atoms in total. The van der Waals surface area contributed by atoms with Crippen LogP contribution >= 0.6 is 0 Å². The number of nitrogens with zero attached hydrogens (tertiary/aromatic N) is 2. The maximum Gasteiger partial charge on any atom is 0.422 e. The predicted octanol–water partition coefficient (Wildman–Crippen LogP) is 2.49. The summed E-state index contributed by atoms with van der Waals surface area (Å²) in [7, 11) is 0. The first kappa shape index (κ1) is 22.6. The van der Waals surface area contributed by atoms with E-state index in [2.05, 4.69) is 15.3 Å². The molecule has 3 heterocycles. The maximum atomic E-state index is 12.9. The predicted molar refractivity (Wildman–Crippen MR) is 104 cm³/mol. The van der Waals surface area contributed by atoms with Crippen LogP contribution in [0.4, 0.5) is 13.2 Å². The number of alkyl halides is 3. The van der Waals surface area contributed by atoms with E-state index in [4.69, 9.17) is 9.84 Å². The Labute approximate surface area is 176 Å². The fraction of sp³-hybridized carbons (Fsp3) is 0.450. The summed E-state index contributed by atoms with van der Waals surface area (Å²) in [6.45, 7) is 2.26. The van der Waals surface area contributed by atoms with Crippen LogP contribution in [0.5, 0.6) is 5.88 Å². The summed E-state index contributed by atoms with van der Waals surface area (Å²) < 4.78 is 42.2. The minimum absolute atomic E-state index is 0.00560. The van der Waals surface area contributed by atoms with Crippen molar-refractivity contribution < 1.29 is 32.6 Å². The normalized spacial score (nSPS) is 14.5. The number of amides is 2. The van der Waals surface area contributed by atoms with E-state index in [1.54, 1.807) is 19.9 Å². The molecule has 3 rings (SSSR count). The molecule has 0 aliphatic carbocycles. The van der Waals surface area contributed by atoms with Gasteiger partial charge in [0.05, 0.1) is 6.04 Å². The molecule has 0 bridgehead atoms. The van der Waals surface area contributed by atoms with Gasteiger partial charge in [0.15, 0.2) is 12.5 Å². The Morgan fingerprint density at radius 3 is 2.87 bits per heavy atom. The lowest BCUT2D eigenvalue weighted by molar-refractivity contribution is -0.154. The Kier molecular flexibility index (Phi) is 6.54. The molecule has 1 unspecified atom stereocenters. The molecule has 31 heavy (non-hydrogen) atoms. The van der Waals surface area contributed by atoms with Crippen molar-refractivity contribution in [3.05, 3.63) is 46.4 Å². The minimum Gasteiger partial charge on any atom is -0.469 e. The molecule has 1 atom stereocenters. The summed E-state index contributed by atoms with van der Waals surface area (Å²) in [5, 5.41) is 11.5. The molecule has 11 heteroatoms. The lowest BCUT2D eigenvalue weighted by Gasteiger charge is -2.23. The molecule has 168 valence electrons. The Balaban J connectivity index is 1.78. The standard InChI is InChI=1S/C20H23F3N4O4/c1-11-8-15(26-18(11)31-10-20(21,22)23)12(2)27-9-14-13(19(27)30)4-6-24-16(14)17(29)25-5-3-7-28/h4,6,8,12,26,28H,3,5,7,9-10H2,1-2H3,(H,25,29). The van der Waals surface area contributed by atoms with Gasteiger partial charge in [-0.2, -0.15) is 13.2 Å². The highest BCUT2D eigenvalue weighted by Gasteiger charge is 2.36. The first-order valence-electron chi connectivity index (χ1n) is 9.69. The van der Waals surface area contributed by atoms with Gasteiger partial charge in [-0.15, -0.1) is 0 Å². The Bertz CT molecular complexity index is 974. The molecule has 0 fully saturated rings. The number of aliphatic hydroxyl groups is 1. The van der Waals surface area contributed by atoms with Crippen molar-refractivity contribution >= 4 is 11.8 Å². The number of aliphatic hydroxyl groups excluding tert-OH is 1. The maximum absolute atomic E-state index is 12.9. The van der Waals surface area contributed by atoms with Crippen LogP contribution in [0.15, 0.2) is 18.3 Å². The number of halogens is 3. The summed E-state index contributed by atoms with van der Waals surface area (Å²) in [5.41, 5.74) is 1.97. The molecule has 0 aromatic carbocycles. The summed E-state index contributed by atoms with van der Waals surface area (Å²) in [4.78, 5) is 33.8. The molecule has 2 aromatic rings.